The maximum Gasteiger partial charge on any atom is 0.331 e. The van der Waals surface area contributed by atoms with E-state index in [1.54, 1.807) is 0 Å². The lowest BCUT2D eigenvalue weighted by molar-refractivity contribution is -0.147. The Morgan fingerprint density at radius 1 is 1.12 bits per heavy atom. The highest BCUT2D eigenvalue weighted by atomic mass is 16.6. The Balaban J connectivity index is 3.13. The van der Waals surface area contributed by atoms with Crippen molar-refractivity contribution in [2.45, 2.75) is 0 Å². The van der Waals surface area contributed by atoms with E-state index in [2.05, 4.69) is 16.1 Å². The zero-order chi connectivity index (χ0) is 12.2. The third-order valence-corrected chi connectivity index (χ3v) is 1.46. The van der Waals surface area contributed by atoms with Gasteiger partial charge in [-0.1, -0.05) is 6.58 Å². The Labute approximate surface area is 94.1 Å². The molecule has 0 fully saturated rings. The predicted octanol–water partition coefficient (Wildman–Crippen LogP) is -0.0782. The first-order chi connectivity index (χ1) is 7.70. The number of methoxy groups -OCH3 is 1. The highest BCUT2D eigenvalue weighted by molar-refractivity contribution is 5.81. The molecule has 0 amide bonds. The van der Waals surface area contributed by atoms with Gasteiger partial charge in [0.25, 0.3) is 0 Å². The Morgan fingerprint density at radius 3 is 2.38 bits per heavy atom. The fraction of sp³-hybridized carbons (Fsp3) is 0.600. The fourth-order valence-electron chi connectivity index (χ4n) is 0.694. The maximum atomic E-state index is 10.6. The second-order valence-corrected chi connectivity index (χ2v) is 2.61. The van der Waals surface area contributed by atoms with Crippen LogP contribution in [0.3, 0.4) is 0 Å². The standard InChI is InChI=1S/C10H16O6/c1-3-9(11)16-7-6-14-4-5-15-8-10(12)13-2/h3H,1,4-8H2,2H3. The zero-order valence-corrected chi connectivity index (χ0v) is 9.27. The van der Waals surface area contributed by atoms with E-state index in [0.717, 1.165) is 6.08 Å². The van der Waals surface area contributed by atoms with Crippen molar-refractivity contribution in [1.82, 2.24) is 0 Å². The topological polar surface area (TPSA) is 71.1 Å². The molecular weight excluding hydrogens is 216 g/mol. The Hall–Kier alpha value is -1.40. The summed E-state index contributed by atoms with van der Waals surface area (Å²) in [6, 6.07) is 0. The van der Waals surface area contributed by atoms with Crippen LogP contribution in [-0.2, 0) is 28.5 Å². The molecule has 0 N–H and O–H groups in total. The molecule has 0 bridgehead atoms. The second-order valence-electron chi connectivity index (χ2n) is 2.61. The lowest BCUT2D eigenvalue weighted by Crippen LogP contribution is -2.15. The normalized spacial score (nSPS) is 9.56. The molecule has 6 nitrogen and oxygen atoms in total. The number of carbonyl (C=O) groups excluding carboxylic acids is 2. The van der Waals surface area contributed by atoms with Gasteiger partial charge in [-0.05, 0) is 0 Å². The monoisotopic (exact) mass is 232 g/mol. The van der Waals surface area contributed by atoms with Gasteiger partial charge in [-0.2, -0.15) is 0 Å². The molecule has 0 rings (SSSR count). The molecule has 0 spiro atoms. The van der Waals surface area contributed by atoms with Gasteiger partial charge in [0, 0.05) is 6.08 Å². The molecule has 0 heterocycles. The molecule has 0 aromatic heterocycles. The van der Waals surface area contributed by atoms with E-state index in [-0.39, 0.29) is 26.4 Å². The maximum absolute atomic E-state index is 10.6. The van der Waals surface area contributed by atoms with Crippen molar-refractivity contribution in [1.29, 1.82) is 0 Å². The summed E-state index contributed by atoms with van der Waals surface area (Å²) in [4.78, 5) is 21.2. The van der Waals surface area contributed by atoms with Crippen LogP contribution in [0.5, 0.6) is 0 Å². The lowest BCUT2D eigenvalue weighted by Gasteiger charge is -2.05. The first-order valence-corrected chi connectivity index (χ1v) is 4.72. The molecule has 16 heavy (non-hydrogen) atoms. The molecule has 0 aromatic rings. The van der Waals surface area contributed by atoms with Gasteiger partial charge < -0.3 is 18.9 Å². The molecule has 0 saturated carbocycles. The van der Waals surface area contributed by atoms with Crippen LogP contribution in [0.1, 0.15) is 0 Å². The smallest absolute Gasteiger partial charge is 0.331 e. The van der Waals surface area contributed by atoms with Crippen LogP contribution < -0.4 is 0 Å². The van der Waals surface area contributed by atoms with Gasteiger partial charge in [0.05, 0.1) is 26.9 Å². The van der Waals surface area contributed by atoms with Gasteiger partial charge in [0.2, 0.25) is 0 Å². The van der Waals surface area contributed by atoms with Gasteiger partial charge in [-0.15, -0.1) is 0 Å². The van der Waals surface area contributed by atoms with Gasteiger partial charge in [-0.3, -0.25) is 0 Å². The van der Waals surface area contributed by atoms with Crippen molar-refractivity contribution in [2.75, 3.05) is 40.1 Å². The van der Waals surface area contributed by atoms with Gasteiger partial charge in [-0.25, -0.2) is 9.59 Å². The van der Waals surface area contributed by atoms with Crippen molar-refractivity contribution in [3.8, 4) is 0 Å². The van der Waals surface area contributed by atoms with Gasteiger partial charge in [0.15, 0.2) is 0 Å². The highest BCUT2D eigenvalue weighted by Gasteiger charge is 1.99. The molecule has 6 heteroatoms. The van der Waals surface area contributed by atoms with Crippen molar-refractivity contribution in [2.24, 2.45) is 0 Å². The van der Waals surface area contributed by atoms with Crippen LogP contribution in [0.25, 0.3) is 0 Å². The minimum Gasteiger partial charge on any atom is -0.467 e. The number of rotatable bonds is 9. The van der Waals surface area contributed by atoms with E-state index < -0.39 is 11.9 Å². The summed E-state index contributed by atoms with van der Waals surface area (Å²) in [6.07, 6.45) is 1.08. The van der Waals surface area contributed by atoms with E-state index in [1.807, 2.05) is 0 Å². The number of hydrogen-bond donors (Lipinski definition) is 0. The Morgan fingerprint density at radius 2 is 1.75 bits per heavy atom. The van der Waals surface area contributed by atoms with E-state index in [9.17, 15) is 9.59 Å². The molecular formula is C10H16O6. The average molecular weight is 232 g/mol. The molecule has 92 valence electrons. The molecule has 0 aliphatic heterocycles. The summed E-state index contributed by atoms with van der Waals surface area (Å²) >= 11 is 0. The third kappa shape index (κ3) is 9.17. The first kappa shape index (κ1) is 14.6. The summed E-state index contributed by atoms with van der Waals surface area (Å²) in [7, 11) is 1.29. The van der Waals surface area contributed by atoms with Crippen molar-refractivity contribution < 1.29 is 28.5 Å². The van der Waals surface area contributed by atoms with E-state index >= 15 is 0 Å². The molecule has 0 unspecified atom stereocenters. The summed E-state index contributed by atoms with van der Waals surface area (Å²) in [5, 5.41) is 0. The van der Waals surface area contributed by atoms with Crippen LogP contribution in [-0.4, -0.2) is 52.1 Å². The number of carbonyl (C=O) groups is 2. The minimum atomic E-state index is -0.481. The lowest BCUT2D eigenvalue weighted by atomic mass is 10.6. The molecule has 0 aliphatic rings. The number of ether oxygens (including phenoxy) is 4. The SMILES string of the molecule is C=CC(=O)OCCOCCOCC(=O)OC. The highest BCUT2D eigenvalue weighted by Crippen LogP contribution is 1.83. The number of hydrogen-bond acceptors (Lipinski definition) is 6. The summed E-state index contributed by atoms with van der Waals surface area (Å²) in [5.74, 6) is -0.912. The van der Waals surface area contributed by atoms with Crippen molar-refractivity contribution in [3.05, 3.63) is 12.7 Å². The van der Waals surface area contributed by atoms with Gasteiger partial charge >= 0.3 is 11.9 Å². The van der Waals surface area contributed by atoms with Crippen LogP contribution in [0.15, 0.2) is 12.7 Å². The van der Waals surface area contributed by atoms with Crippen LogP contribution in [0, 0.1) is 0 Å². The quantitative estimate of drug-likeness (QED) is 0.314. The summed E-state index contributed by atoms with van der Waals surface area (Å²) < 4.78 is 19.0. The third-order valence-electron chi connectivity index (χ3n) is 1.46. The summed E-state index contributed by atoms with van der Waals surface area (Å²) in [5.41, 5.74) is 0. The Kier molecular flexibility index (Phi) is 9.24. The van der Waals surface area contributed by atoms with Crippen LogP contribution >= 0.6 is 0 Å². The fourth-order valence-corrected chi connectivity index (χ4v) is 0.694. The van der Waals surface area contributed by atoms with E-state index in [4.69, 9.17) is 9.47 Å². The zero-order valence-electron chi connectivity index (χ0n) is 9.27. The first-order valence-electron chi connectivity index (χ1n) is 4.72. The minimum absolute atomic E-state index is 0.0920. The molecule has 0 aliphatic carbocycles. The molecule has 0 saturated heterocycles. The molecule has 0 aromatic carbocycles. The molecule has 0 radical (unpaired) electrons. The predicted molar refractivity (Wildman–Crippen MR) is 54.8 cm³/mol. The van der Waals surface area contributed by atoms with E-state index in [1.165, 1.54) is 7.11 Å². The van der Waals surface area contributed by atoms with E-state index in [0.29, 0.717) is 6.61 Å². The Bertz CT molecular complexity index is 225. The second kappa shape index (κ2) is 10.1. The molecule has 0 atom stereocenters. The van der Waals surface area contributed by atoms with Crippen molar-refractivity contribution >= 4 is 11.9 Å². The average Bonchev–Trinajstić information content (AvgIpc) is 2.31. The largest absolute Gasteiger partial charge is 0.467 e. The van der Waals surface area contributed by atoms with Crippen LogP contribution in [0.4, 0.5) is 0 Å². The van der Waals surface area contributed by atoms with Crippen molar-refractivity contribution in [3.63, 3.8) is 0 Å². The van der Waals surface area contributed by atoms with Crippen LogP contribution in [0.2, 0.25) is 0 Å². The van der Waals surface area contributed by atoms with Gasteiger partial charge in [0.1, 0.15) is 13.2 Å². The number of esters is 2. The summed E-state index contributed by atoms with van der Waals surface area (Å²) in [6.45, 7) is 4.21.